The molecule has 2 aromatic carbocycles. The van der Waals surface area contributed by atoms with Gasteiger partial charge in [-0.25, -0.2) is 0 Å². The summed E-state index contributed by atoms with van der Waals surface area (Å²) in [5.41, 5.74) is 3.04. The van der Waals surface area contributed by atoms with Crippen molar-refractivity contribution >= 4 is 33.1 Å². The van der Waals surface area contributed by atoms with Crippen LogP contribution in [0.15, 0.2) is 53.8 Å². The number of aromatic nitrogens is 1. The molecule has 0 saturated carbocycles. The summed E-state index contributed by atoms with van der Waals surface area (Å²) in [4.78, 5) is 12.8. The monoisotopic (exact) mass is 259 g/mol. The quantitative estimate of drug-likeness (QED) is 0.473. The fourth-order valence-corrected chi connectivity index (χ4v) is 3.21. The van der Waals surface area contributed by atoms with Gasteiger partial charge < -0.3 is 0 Å². The summed E-state index contributed by atoms with van der Waals surface area (Å²) < 4.78 is 1.80. The van der Waals surface area contributed by atoms with Crippen LogP contribution in [0, 0.1) is 6.92 Å². The van der Waals surface area contributed by atoms with Crippen molar-refractivity contribution in [2.24, 2.45) is 0 Å². The third kappa shape index (κ3) is 1.16. The molecule has 0 amide bonds. The Hall–Kier alpha value is -2.61. The molecule has 96 valence electrons. The molecule has 4 rings (SSSR count). The van der Waals surface area contributed by atoms with E-state index in [9.17, 15) is 4.79 Å². The van der Waals surface area contributed by atoms with Gasteiger partial charge in [-0.05, 0) is 30.0 Å². The Morgan fingerprint density at radius 1 is 0.950 bits per heavy atom. The van der Waals surface area contributed by atoms with Gasteiger partial charge in [0.05, 0.1) is 11.2 Å². The van der Waals surface area contributed by atoms with Gasteiger partial charge in [0, 0.05) is 16.2 Å². The van der Waals surface area contributed by atoms with E-state index >= 15 is 0 Å². The second-order valence-corrected chi connectivity index (χ2v) is 5.10. The third-order valence-electron chi connectivity index (χ3n) is 4.13. The molecule has 0 aliphatic carbocycles. The lowest BCUT2D eigenvalue weighted by Crippen LogP contribution is -2.14. The van der Waals surface area contributed by atoms with Crippen molar-refractivity contribution < 1.29 is 0 Å². The number of benzene rings is 2. The molecule has 0 N–H and O–H groups in total. The number of nitrogens with zero attached hydrogens (tertiary/aromatic N) is 1. The minimum absolute atomic E-state index is 0.0345. The predicted octanol–water partition coefficient (Wildman–Crippen LogP) is 4.00. The zero-order valence-electron chi connectivity index (χ0n) is 11.2. The lowest BCUT2D eigenvalue weighted by atomic mass is 10.0. The Kier molecular flexibility index (Phi) is 2.08. The van der Waals surface area contributed by atoms with E-state index in [4.69, 9.17) is 0 Å². The van der Waals surface area contributed by atoms with Crippen LogP contribution in [0.4, 0.5) is 0 Å². The van der Waals surface area contributed by atoms with E-state index < -0.39 is 0 Å². The van der Waals surface area contributed by atoms with Gasteiger partial charge in [0.1, 0.15) is 0 Å². The minimum atomic E-state index is 0.0345. The molecule has 0 bridgehead atoms. The van der Waals surface area contributed by atoms with Crippen LogP contribution in [-0.2, 0) is 0 Å². The van der Waals surface area contributed by atoms with E-state index in [1.807, 2.05) is 31.2 Å². The molecule has 20 heavy (non-hydrogen) atoms. The SMILES string of the molecule is C=Cc1c(C)c2cccc3c4ccccc4c(=O)n1c23. The van der Waals surface area contributed by atoms with Gasteiger partial charge in [-0.15, -0.1) is 0 Å². The average molecular weight is 259 g/mol. The standard InChI is InChI=1S/C18H13NO/c1-3-16-11(2)12-9-6-10-14-13-7-4-5-8-15(13)18(20)19(16)17(12)14/h3-10H,1H2,2H3. The van der Waals surface area contributed by atoms with E-state index in [2.05, 4.69) is 24.8 Å². The highest BCUT2D eigenvalue weighted by atomic mass is 16.1. The Morgan fingerprint density at radius 2 is 1.60 bits per heavy atom. The van der Waals surface area contributed by atoms with E-state index in [-0.39, 0.29) is 5.56 Å². The summed E-state index contributed by atoms with van der Waals surface area (Å²) in [6.45, 7) is 5.91. The average Bonchev–Trinajstić information content (AvgIpc) is 2.78. The van der Waals surface area contributed by atoms with Crippen LogP contribution in [0.3, 0.4) is 0 Å². The van der Waals surface area contributed by atoms with Crippen molar-refractivity contribution in [2.75, 3.05) is 0 Å². The molecule has 4 aromatic rings. The first kappa shape index (κ1) is 11.2. The van der Waals surface area contributed by atoms with Crippen LogP contribution in [0.25, 0.3) is 33.1 Å². The number of aryl methyl sites for hydroxylation is 1. The van der Waals surface area contributed by atoms with Gasteiger partial charge in [0.2, 0.25) is 0 Å². The molecule has 0 spiro atoms. The number of para-hydroxylation sites is 1. The van der Waals surface area contributed by atoms with Crippen molar-refractivity contribution in [3.63, 3.8) is 0 Å². The molecule has 0 aliphatic heterocycles. The molecule has 0 fully saturated rings. The summed E-state index contributed by atoms with van der Waals surface area (Å²) >= 11 is 0. The Morgan fingerprint density at radius 3 is 2.35 bits per heavy atom. The minimum Gasteiger partial charge on any atom is -0.275 e. The molecule has 0 saturated heterocycles. The number of fused-ring (bicyclic) bond motifs is 2. The van der Waals surface area contributed by atoms with Crippen LogP contribution < -0.4 is 5.56 Å². The largest absolute Gasteiger partial charge is 0.275 e. The normalized spacial score (nSPS) is 11.7. The lowest BCUT2D eigenvalue weighted by Gasteiger charge is -2.06. The van der Waals surface area contributed by atoms with E-state index in [0.717, 1.165) is 38.3 Å². The molecule has 0 atom stereocenters. The first-order valence-electron chi connectivity index (χ1n) is 6.64. The van der Waals surface area contributed by atoms with Gasteiger partial charge in [0.15, 0.2) is 0 Å². The molecule has 2 heterocycles. The van der Waals surface area contributed by atoms with Gasteiger partial charge in [-0.1, -0.05) is 43.0 Å². The smallest absolute Gasteiger partial charge is 0.263 e. The van der Waals surface area contributed by atoms with Crippen LogP contribution >= 0.6 is 0 Å². The topological polar surface area (TPSA) is 21.5 Å². The molecule has 0 aliphatic rings. The zero-order chi connectivity index (χ0) is 13.9. The van der Waals surface area contributed by atoms with E-state index in [0.29, 0.717) is 0 Å². The van der Waals surface area contributed by atoms with Crippen LogP contribution in [0.1, 0.15) is 11.3 Å². The van der Waals surface area contributed by atoms with E-state index in [1.165, 1.54) is 0 Å². The number of pyridine rings is 1. The fraction of sp³-hybridized carbons (Fsp3) is 0.0556. The maximum atomic E-state index is 12.8. The van der Waals surface area contributed by atoms with Crippen molar-refractivity contribution in [1.29, 1.82) is 0 Å². The number of hydrogen-bond acceptors (Lipinski definition) is 1. The summed E-state index contributed by atoms with van der Waals surface area (Å²) in [6, 6.07) is 14.0. The molecule has 0 unspecified atom stereocenters. The summed E-state index contributed by atoms with van der Waals surface area (Å²) in [5.74, 6) is 0. The van der Waals surface area contributed by atoms with Crippen molar-refractivity contribution in [3.8, 4) is 0 Å². The second kappa shape index (κ2) is 3.70. The summed E-state index contributed by atoms with van der Waals surface area (Å²) in [5, 5.41) is 4.02. The molecular weight excluding hydrogens is 246 g/mol. The zero-order valence-corrected chi connectivity index (χ0v) is 11.2. The predicted molar refractivity (Wildman–Crippen MR) is 84.7 cm³/mol. The van der Waals surface area contributed by atoms with Crippen molar-refractivity contribution in [2.45, 2.75) is 6.92 Å². The Bertz CT molecular complexity index is 1040. The fourth-order valence-electron chi connectivity index (χ4n) is 3.21. The maximum absolute atomic E-state index is 12.8. The Balaban J connectivity index is 2.53. The van der Waals surface area contributed by atoms with Gasteiger partial charge in [0.25, 0.3) is 5.56 Å². The number of rotatable bonds is 1. The van der Waals surface area contributed by atoms with Crippen LogP contribution in [0.5, 0.6) is 0 Å². The highest BCUT2D eigenvalue weighted by molar-refractivity contribution is 6.13. The maximum Gasteiger partial charge on any atom is 0.263 e. The molecule has 2 heteroatoms. The second-order valence-electron chi connectivity index (χ2n) is 5.10. The Labute approximate surface area is 115 Å². The molecular formula is C18H13NO. The third-order valence-corrected chi connectivity index (χ3v) is 4.13. The number of hydrogen-bond donors (Lipinski definition) is 0. The molecule has 2 aromatic heterocycles. The highest BCUT2D eigenvalue weighted by Crippen LogP contribution is 2.32. The molecule has 0 radical (unpaired) electrons. The van der Waals surface area contributed by atoms with Gasteiger partial charge >= 0.3 is 0 Å². The first-order valence-corrected chi connectivity index (χ1v) is 6.64. The molecule has 2 nitrogen and oxygen atoms in total. The van der Waals surface area contributed by atoms with Gasteiger partial charge in [-0.2, -0.15) is 0 Å². The highest BCUT2D eigenvalue weighted by Gasteiger charge is 2.16. The van der Waals surface area contributed by atoms with Crippen LogP contribution in [0.2, 0.25) is 0 Å². The summed E-state index contributed by atoms with van der Waals surface area (Å²) in [7, 11) is 0. The van der Waals surface area contributed by atoms with Crippen molar-refractivity contribution in [3.05, 3.63) is 70.7 Å². The lowest BCUT2D eigenvalue weighted by molar-refractivity contribution is 1.12. The summed E-state index contributed by atoms with van der Waals surface area (Å²) in [6.07, 6.45) is 1.77. The first-order chi connectivity index (χ1) is 9.74. The van der Waals surface area contributed by atoms with Crippen LogP contribution in [-0.4, -0.2) is 4.40 Å². The van der Waals surface area contributed by atoms with Gasteiger partial charge in [-0.3, -0.25) is 9.20 Å². The van der Waals surface area contributed by atoms with Crippen molar-refractivity contribution in [1.82, 2.24) is 4.40 Å². The van der Waals surface area contributed by atoms with E-state index in [1.54, 1.807) is 10.5 Å².